The van der Waals surface area contributed by atoms with E-state index in [0.717, 1.165) is 34.8 Å². The van der Waals surface area contributed by atoms with Crippen molar-refractivity contribution in [1.29, 1.82) is 0 Å². The van der Waals surface area contributed by atoms with Crippen LogP contribution in [0, 0.1) is 11.8 Å². The molecule has 2 aliphatic rings. The van der Waals surface area contributed by atoms with E-state index in [1.54, 1.807) is 11.3 Å². The fraction of sp³-hybridized carbons (Fsp3) is 0.643. The smallest absolute Gasteiger partial charge is 0.277 e. The average molecular weight is 290 g/mol. The van der Waals surface area contributed by atoms with Crippen LogP contribution in [0.5, 0.6) is 0 Å². The summed E-state index contributed by atoms with van der Waals surface area (Å²) in [5, 5.41) is 7.21. The fourth-order valence-corrected chi connectivity index (χ4v) is 4.49. The second-order valence-electron chi connectivity index (χ2n) is 5.90. The third-order valence-corrected chi connectivity index (χ3v) is 5.55. The molecule has 2 aromatic rings. The molecule has 0 aromatic carbocycles. The molecule has 2 aliphatic carbocycles. The fourth-order valence-electron chi connectivity index (χ4n) is 3.70. The first-order valence-electron chi connectivity index (χ1n) is 7.32. The van der Waals surface area contributed by atoms with E-state index in [1.165, 1.54) is 25.7 Å². The molecule has 0 radical (unpaired) electrons. The Hall–Kier alpha value is -1.27. The second kappa shape index (κ2) is 4.93. The zero-order valence-electron chi connectivity index (χ0n) is 11.3. The molecule has 0 amide bonds. The third-order valence-electron chi connectivity index (χ3n) is 4.64. The van der Waals surface area contributed by atoms with Gasteiger partial charge in [-0.15, -0.1) is 11.3 Å². The van der Waals surface area contributed by atoms with Crippen molar-refractivity contribution < 1.29 is 4.52 Å². The summed E-state index contributed by atoms with van der Waals surface area (Å²) in [6.45, 7) is 0.618. The lowest BCUT2D eigenvalue weighted by atomic mass is 9.88. The van der Waals surface area contributed by atoms with Crippen LogP contribution in [-0.2, 0) is 6.42 Å². The molecule has 3 unspecified atom stereocenters. The molecule has 2 heterocycles. The third kappa shape index (κ3) is 2.07. The van der Waals surface area contributed by atoms with Crippen molar-refractivity contribution in [3.05, 3.63) is 16.2 Å². The van der Waals surface area contributed by atoms with Crippen molar-refractivity contribution in [2.45, 2.75) is 38.0 Å². The maximum absolute atomic E-state index is 5.55. The van der Waals surface area contributed by atoms with Crippen LogP contribution in [0.1, 0.15) is 42.4 Å². The summed E-state index contributed by atoms with van der Waals surface area (Å²) in [5.41, 5.74) is 6.34. The van der Waals surface area contributed by atoms with Crippen molar-refractivity contribution in [2.75, 3.05) is 6.54 Å². The summed E-state index contributed by atoms with van der Waals surface area (Å²) in [4.78, 5) is 9.09. The van der Waals surface area contributed by atoms with Crippen molar-refractivity contribution in [1.82, 2.24) is 15.1 Å². The lowest BCUT2D eigenvalue weighted by Crippen LogP contribution is -2.09. The normalized spacial score (nSPS) is 28.4. The average Bonchev–Trinajstić information content (AvgIpc) is 3.22. The van der Waals surface area contributed by atoms with Gasteiger partial charge >= 0.3 is 0 Å². The van der Waals surface area contributed by atoms with E-state index >= 15 is 0 Å². The Bertz CT molecular complexity index is 608. The van der Waals surface area contributed by atoms with Crippen LogP contribution in [0.15, 0.2) is 9.90 Å². The molecule has 5 nitrogen and oxygen atoms in total. The highest BCUT2D eigenvalue weighted by Gasteiger charge is 2.42. The molecule has 0 spiro atoms. The van der Waals surface area contributed by atoms with Crippen LogP contribution in [0.4, 0.5) is 0 Å². The summed E-state index contributed by atoms with van der Waals surface area (Å²) in [6, 6.07) is 0. The minimum Gasteiger partial charge on any atom is -0.332 e. The van der Waals surface area contributed by atoms with Gasteiger partial charge in [0.2, 0.25) is 0 Å². The highest BCUT2D eigenvalue weighted by atomic mass is 32.1. The van der Waals surface area contributed by atoms with E-state index < -0.39 is 0 Å². The summed E-state index contributed by atoms with van der Waals surface area (Å²) >= 11 is 1.60. The molecule has 20 heavy (non-hydrogen) atoms. The van der Waals surface area contributed by atoms with E-state index in [1.807, 2.05) is 5.38 Å². The topological polar surface area (TPSA) is 77.8 Å². The van der Waals surface area contributed by atoms with Crippen LogP contribution < -0.4 is 5.73 Å². The summed E-state index contributed by atoms with van der Waals surface area (Å²) in [7, 11) is 0. The van der Waals surface area contributed by atoms with E-state index in [-0.39, 0.29) is 0 Å². The van der Waals surface area contributed by atoms with Crippen LogP contribution in [0.2, 0.25) is 0 Å². The van der Waals surface area contributed by atoms with Gasteiger partial charge in [-0.1, -0.05) is 11.6 Å². The zero-order chi connectivity index (χ0) is 13.5. The Kier molecular flexibility index (Phi) is 3.07. The van der Waals surface area contributed by atoms with Crippen LogP contribution in [0.3, 0.4) is 0 Å². The lowest BCUT2D eigenvalue weighted by Gasteiger charge is -2.17. The highest BCUT2D eigenvalue weighted by Crippen LogP contribution is 2.52. The summed E-state index contributed by atoms with van der Waals surface area (Å²) in [6.07, 6.45) is 6.11. The molecule has 106 valence electrons. The molecule has 2 saturated carbocycles. The van der Waals surface area contributed by atoms with Gasteiger partial charge in [-0.05, 0) is 37.6 Å². The van der Waals surface area contributed by atoms with Gasteiger partial charge in [0.25, 0.3) is 5.89 Å². The molecule has 2 bridgehead atoms. The second-order valence-corrected chi connectivity index (χ2v) is 6.85. The number of nitrogens with two attached hydrogens (primary N) is 1. The van der Waals surface area contributed by atoms with Gasteiger partial charge in [-0.25, -0.2) is 4.98 Å². The quantitative estimate of drug-likeness (QED) is 0.936. The summed E-state index contributed by atoms with van der Waals surface area (Å²) in [5.74, 6) is 3.62. The van der Waals surface area contributed by atoms with Gasteiger partial charge in [0.1, 0.15) is 5.69 Å². The van der Waals surface area contributed by atoms with Gasteiger partial charge in [-0.2, -0.15) is 4.98 Å². The molecule has 6 heteroatoms. The molecular formula is C14H18N4OS. The van der Waals surface area contributed by atoms with Gasteiger partial charge in [0.05, 0.1) is 5.01 Å². The lowest BCUT2D eigenvalue weighted by molar-refractivity contribution is 0.372. The number of hydrogen-bond donors (Lipinski definition) is 1. The maximum Gasteiger partial charge on any atom is 0.277 e. The molecule has 2 aromatic heterocycles. The molecule has 0 saturated heterocycles. The Balaban J connectivity index is 1.55. The summed E-state index contributed by atoms with van der Waals surface area (Å²) < 4.78 is 5.41. The Morgan fingerprint density at radius 2 is 2.25 bits per heavy atom. The number of rotatable bonds is 4. The minimum absolute atomic E-state index is 0.508. The molecule has 4 rings (SSSR count). The van der Waals surface area contributed by atoms with Crippen LogP contribution in [-0.4, -0.2) is 21.7 Å². The van der Waals surface area contributed by atoms with Crippen molar-refractivity contribution in [2.24, 2.45) is 17.6 Å². The predicted octanol–water partition coefficient (Wildman–Crippen LogP) is 2.60. The zero-order valence-corrected chi connectivity index (χ0v) is 12.1. The highest BCUT2D eigenvalue weighted by molar-refractivity contribution is 7.09. The number of hydrogen-bond acceptors (Lipinski definition) is 6. The predicted molar refractivity (Wildman–Crippen MR) is 76.4 cm³/mol. The molecule has 3 atom stereocenters. The largest absolute Gasteiger partial charge is 0.332 e. The molecule has 0 aliphatic heterocycles. The Labute approximate surface area is 121 Å². The maximum atomic E-state index is 5.55. The van der Waals surface area contributed by atoms with E-state index in [2.05, 4.69) is 15.1 Å². The first-order valence-corrected chi connectivity index (χ1v) is 8.20. The monoisotopic (exact) mass is 290 g/mol. The standard InChI is InChI=1S/C14H18N4OS/c15-4-3-12-16-11(7-20-12)14-17-13(18-19-14)10-6-8-1-2-9(10)5-8/h7-10H,1-6,15H2. The van der Waals surface area contributed by atoms with E-state index in [0.29, 0.717) is 18.4 Å². The molecular weight excluding hydrogens is 272 g/mol. The number of aromatic nitrogens is 3. The van der Waals surface area contributed by atoms with Gasteiger partial charge < -0.3 is 10.3 Å². The van der Waals surface area contributed by atoms with Gasteiger partial charge in [-0.3, -0.25) is 0 Å². The number of thiazole rings is 1. The Morgan fingerprint density at radius 1 is 1.30 bits per heavy atom. The SMILES string of the molecule is NCCc1nc(-c2nc(C3CC4CCC3C4)no2)cs1. The van der Waals surface area contributed by atoms with Gasteiger partial charge in [0, 0.05) is 17.7 Å². The van der Waals surface area contributed by atoms with E-state index in [4.69, 9.17) is 10.3 Å². The van der Waals surface area contributed by atoms with Crippen molar-refractivity contribution in [3.63, 3.8) is 0 Å². The van der Waals surface area contributed by atoms with E-state index in [9.17, 15) is 0 Å². The number of fused-ring (bicyclic) bond motifs is 2. The minimum atomic E-state index is 0.508. The van der Waals surface area contributed by atoms with Crippen molar-refractivity contribution >= 4 is 11.3 Å². The van der Waals surface area contributed by atoms with Gasteiger partial charge in [0.15, 0.2) is 5.82 Å². The van der Waals surface area contributed by atoms with Crippen molar-refractivity contribution in [3.8, 4) is 11.6 Å². The van der Waals surface area contributed by atoms with Crippen LogP contribution in [0.25, 0.3) is 11.6 Å². The van der Waals surface area contributed by atoms with Crippen LogP contribution >= 0.6 is 11.3 Å². The first kappa shape index (κ1) is 12.5. The first-order chi connectivity index (χ1) is 9.83. The molecule has 2 fully saturated rings. The molecule has 2 N–H and O–H groups in total. The Morgan fingerprint density at radius 3 is 3.00 bits per heavy atom. The number of nitrogens with zero attached hydrogens (tertiary/aromatic N) is 3.